The lowest BCUT2D eigenvalue weighted by Crippen LogP contribution is -1.99. The first-order valence-electron chi connectivity index (χ1n) is 5.65. The van der Waals surface area contributed by atoms with E-state index >= 15 is 0 Å². The molecule has 1 aromatic heterocycles. The number of benzene rings is 1. The topological polar surface area (TPSA) is 26.0 Å². The van der Waals surface area contributed by atoms with E-state index in [4.69, 9.17) is 5.73 Å². The number of thiophene rings is 1. The summed E-state index contributed by atoms with van der Waals surface area (Å²) in [5, 5.41) is 0. The largest absolute Gasteiger partial charge is 0.330 e. The van der Waals surface area contributed by atoms with E-state index in [1.165, 1.54) is 20.9 Å². The third kappa shape index (κ3) is 2.71. The summed E-state index contributed by atoms with van der Waals surface area (Å²) in [5.74, 6) is 0. The average Bonchev–Trinajstić information content (AvgIpc) is 2.75. The minimum Gasteiger partial charge on any atom is -0.330 e. The number of aryl methyl sites for hydroxylation is 2. The molecule has 0 saturated carbocycles. The van der Waals surface area contributed by atoms with Gasteiger partial charge in [-0.15, -0.1) is 11.3 Å². The van der Waals surface area contributed by atoms with Gasteiger partial charge < -0.3 is 5.73 Å². The highest BCUT2D eigenvalue weighted by Gasteiger charge is 2.02. The van der Waals surface area contributed by atoms with E-state index in [0.717, 1.165) is 19.4 Å². The Hall–Kier alpha value is -1.12. The molecule has 0 radical (unpaired) electrons. The second-order valence-corrected chi connectivity index (χ2v) is 5.20. The fraction of sp³-hybridized carbons (Fsp3) is 0.286. The van der Waals surface area contributed by atoms with Gasteiger partial charge in [0.05, 0.1) is 0 Å². The first kappa shape index (κ1) is 11.4. The molecule has 1 aromatic carbocycles. The van der Waals surface area contributed by atoms with E-state index in [9.17, 15) is 0 Å². The maximum absolute atomic E-state index is 5.52. The van der Waals surface area contributed by atoms with Crippen LogP contribution < -0.4 is 5.73 Å². The van der Waals surface area contributed by atoms with Crippen LogP contribution in [0.2, 0.25) is 0 Å². The SMILES string of the molecule is Cc1cccc(-c2ccc(CCCN)s2)c1. The summed E-state index contributed by atoms with van der Waals surface area (Å²) in [6.45, 7) is 2.91. The molecule has 2 aromatic rings. The maximum Gasteiger partial charge on any atom is 0.0345 e. The number of rotatable bonds is 4. The van der Waals surface area contributed by atoms with Crippen LogP contribution in [-0.2, 0) is 6.42 Å². The van der Waals surface area contributed by atoms with Crippen molar-refractivity contribution in [2.75, 3.05) is 6.54 Å². The molecule has 0 aliphatic rings. The Morgan fingerprint density at radius 3 is 2.81 bits per heavy atom. The molecule has 0 fully saturated rings. The third-order valence-corrected chi connectivity index (χ3v) is 3.79. The van der Waals surface area contributed by atoms with Crippen LogP contribution in [0.4, 0.5) is 0 Å². The lowest BCUT2D eigenvalue weighted by atomic mass is 10.1. The van der Waals surface area contributed by atoms with Crippen molar-refractivity contribution in [3.63, 3.8) is 0 Å². The molecule has 2 rings (SSSR count). The van der Waals surface area contributed by atoms with Gasteiger partial charge in [-0.3, -0.25) is 0 Å². The number of hydrogen-bond acceptors (Lipinski definition) is 2. The number of hydrogen-bond donors (Lipinski definition) is 1. The minimum absolute atomic E-state index is 0.775. The van der Waals surface area contributed by atoms with E-state index in [-0.39, 0.29) is 0 Å². The molecule has 1 nitrogen and oxygen atoms in total. The lowest BCUT2D eigenvalue weighted by Gasteiger charge is -1.98. The van der Waals surface area contributed by atoms with Crippen molar-refractivity contribution >= 4 is 11.3 Å². The van der Waals surface area contributed by atoms with Crippen molar-refractivity contribution < 1.29 is 0 Å². The summed E-state index contributed by atoms with van der Waals surface area (Å²) in [7, 11) is 0. The van der Waals surface area contributed by atoms with Crippen LogP contribution in [-0.4, -0.2) is 6.54 Å². The van der Waals surface area contributed by atoms with Gasteiger partial charge >= 0.3 is 0 Å². The zero-order valence-corrected chi connectivity index (χ0v) is 10.4. The van der Waals surface area contributed by atoms with Gasteiger partial charge in [-0.25, -0.2) is 0 Å². The van der Waals surface area contributed by atoms with Crippen molar-refractivity contribution in [1.29, 1.82) is 0 Å². The third-order valence-electron chi connectivity index (χ3n) is 2.59. The van der Waals surface area contributed by atoms with Gasteiger partial charge in [-0.1, -0.05) is 29.8 Å². The van der Waals surface area contributed by atoms with Crippen molar-refractivity contribution in [1.82, 2.24) is 0 Å². The van der Waals surface area contributed by atoms with Gasteiger partial charge in [0.15, 0.2) is 0 Å². The van der Waals surface area contributed by atoms with Gasteiger partial charge in [-0.2, -0.15) is 0 Å². The van der Waals surface area contributed by atoms with Crippen LogP contribution >= 0.6 is 11.3 Å². The molecule has 1 heterocycles. The molecule has 0 bridgehead atoms. The van der Waals surface area contributed by atoms with Crippen LogP contribution in [0, 0.1) is 6.92 Å². The molecule has 0 aliphatic heterocycles. The van der Waals surface area contributed by atoms with Crippen LogP contribution in [0.3, 0.4) is 0 Å². The molecular formula is C14H17NS. The summed E-state index contributed by atoms with van der Waals surface area (Å²) >= 11 is 1.88. The summed E-state index contributed by atoms with van der Waals surface area (Å²) < 4.78 is 0. The fourth-order valence-electron chi connectivity index (χ4n) is 1.74. The van der Waals surface area contributed by atoms with Gasteiger partial charge in [0.2, 0.25) is 0 Å². The number of nitrogens with two attached hydrogens (primary N) is 1. The highest BCUT2D eigenvalue weighted by molar-refractivity contribution is 7.15. The van der Waals surface area contributed by atoms with E-state index in [1.807, 2.05) is 11.3 Å². The summed E-state index contributed by atoms with van der Waals surface area (Å²) in [5.41, 5.74) is 8.16. The molecule has 16 heavy (non-hydrogen) atoms. The van der Waals surface area contributed by atoms with Gasteiger partial charge in [0, 0.05) is 9.75 Å². The van der Waals surface area contributed by atoms with Crippen LogP contribution in [0.25, 0.3) is 10.4 Å². The molecular weight excluding hydrogens is 214 g/mol. The molecule has 0 amide bonds. The van der Waals surface area contributed by atoms with Gasteiger partial charge in [-0.05, 0) is 44.0 Å². The Morgan fingerprint density at radius 1 is 1.19 bits per heavy atom. The van der Waals surface area contributed by atoms with E-state index in [2.05, 4.69) is 43.3 Å². The Balaban J connectivity index is 2.18. The van der Waals surface area contributed by atoms with Gasteiger partial charge in [0.1, 0.15) is 0 Å². The average molecular weight is 231 g/mol. The molecule has 0 saturated heterocycles. The smallest absolute Gasteiger partial charge is 0.0345 e. The van der Waals surface area contributed by atoms with E-state index < -0.39 is 0 Å². The Kier molecular flexibility index (Phi) is 3.75. The van der Waals surface area contributed by atoms with Crippen LogP contribution in [0.5, 0.6) is 0 Å². The van der Waals surface area contributed by atoms with Crippen molar-refractivity contribution in [2.45, 2.75) is 19.8 Å². The van der Waals surface area contributed by atoms with Crippen molar-refractivity contribution in [3.05, 3.63) is 46.8 Å². The highest BCUT2D eigenvalue weighted by Crippen LogP contribution is 2.29. The zero-order valence-electron chi connectivity index (χ0n) is 9.57. The minimum atomic E-state index is 0.775. The first-order chi connectivity index (χ1) is 7.79. The maximum atomic E-state index is 5.52. The van der Waals surface area contributed by atoms with Crippen LogP contribution in [0.15, 0.2) is 36.4 Å². The second kappa shape index (κ2) is 5.28. The van der Waals surface area contributed by atoms with E-state index in [1.54, 1.807) is 0 Å². The molecule has 0 spiro atoms. The van der Waals surface area contributed by atoms with Crippen molar-refractivity contribution in [2.24, 2.45) is 5.73 Å². The molecule has 2 N–H and O–H groups in total. The zero-order chi connectivity index (χ0) is 11.4. The molecule has 0 aliphatic carbocycles. The standard InChI is InChI=1S/C14H17NS/c1-11-4-2-5-12(10-11)14-8-7-13(16-14)6-3-9-15/h2,4-5,7-8,10H,3,6,9,15H2,1H3. The normalized spacial score (nSPS) is 10.6. The predicted octanol–water partition coefficient (Wildman–Crippen LogP) is 3.61. The Bertz CT molecular complexity index is 459. The Labute approximate surface area is 101 Å². The van der Waals surface area contributed by atoms with Gasteiger partial charge in [0.25, 0.3) is 0 Å². The summed E-state index contributed by atoms with van der Waals surface area (Å²) in [6, 6.07) is 13.1. The predicted molar refractivity (Wildman–Crippen MR) is 71.9 cm³/mol. The molecule has 0 unspecified atom stereocenters. The quantitative estimate of drug-likeness (QED) is 0.854. The van der Waals surface area contributed by atoms with Crippen LogP contribution in [0.1, 0.15) is 16.9 Å². The van der Waals surface area contributed by atoms with E-state index in [0.29, 0.717) is 0 Å². The summed E-state index contributed by atoms with van der Waals surface area (Å²) in [6.07, 6.45) is 2.18. The second-order valence-electron chi connectivity index (χ2n) is 4.03. The van der Waals surface area contributed by atoms with Crippen molar-refractivity contribution in [3.8, 4) is 10.4 Å². The highest BCUT2D eigenvalue weighted by atomic mass is 32.1. The fourth-order valence-corrected chi connectivity index (χ4v) is 2.79. The monoisotopic (exact) mass is 231 g/mol. The Morgan fingerprint density at radius 2 is 2.06 bits per heavy atom. The molecule has 0 atom stereocenters. The molecule has 2 heteroatoms. The first-order valence-corrected chi connectivity index (χ1v) is 6.47. The lowest BCUT2D eigenvalue weighted by molar-refractivity contribution is 0.843. The summed E-state index contributed by atoms with van der Waals surface area (Å²) in [4.78, 5) is 2.79. The molecule has 84 valence electrons.